The summed E-state index contributed by atoms with van der Waals surface area (Å²) in [5, 5.41) is 0. The van der Waals surface area contributed by atoms with E-state index in [1.165, 1.54) is 19.2 Å². The third-order valence-corrected chi connectivity index (χ3v) is 3.08. The van der Waals surface area contributed by atoms with Crippen LogP contribution in [0.25, 0.3) is 0 Å². The predicted molar refractivity (Wildman–Crippen MR) is 77.1 cm³/mol. The fourth-order valence-electron chi connectivity index (χ4n) is 2.04. The van der Waals surface area contributed by atoms with Crippen LogP contribution >= 0.6 is 0 Å². The van der Waals surface area contributed by atoms with E-state index in [2.05, 4.69) is 4.74 Å². The van der Waals surface area contributed by atoms with Gasteiger partial charge in [0.2, 0.25) is 5.91 Å². The number of benzene rings is 1. The molecule has 1 aromatic rings. The Morgan fingerprint density at radius 2 is 2.10 bits per heavy atom. The highest BCUT2D eigenvalue weighted by atomic mass is 19.1. The molecular formula is C15H21FN2O3. The van der Waals surface area contributed by atoms with Gasteiger partial charge in [-0.1, -0.05) is 19.4 Å². The van der Waals surface area contributed by atoms with Crippen molar-refractivity contribution in [3.8, 4) is 0 Å². The molecule has 1 rings (SSSR count). The van der Waals surface area contributed by atoms with Crippen LogP contribution in [0, 0.1) is 5.82 Å². The molecule has 0 aromatic heterocycles. The van der Waals surface area contributed by atoms with Gasteiger partial charge < -0.3 is 10.5 Å². The second-order valence-corrected chi connectivity index (χ2v) is 4.82. The van der Waals surface area contributed by atoms with E-state index < -0.39 is 17.7 Å². The lowest BCUT2D eigenvalue weighted by Gasteiger charge is -2.21. The van der Waals surface area contributed by atoms with Crippen molar-refractivity contribution < 1.29 is 18.7 Å². The average Bonchev–Trinajstić information content (AvgIpc) is 2.45. The van der Waals surface area contributed by atoms with Crippen molar-refractivity contribution in [2.75, 3.05) is 20.2 Å². The molecule has 0 spiro atoms. The monoisotopic (exact) mass is 296 g/mol. The minimum Gasteiger partial charge on any atom is -0.465 e. The Morgan fingerprint density at radius 3 is 2.67 bits per heavy atom. The molecule has 2 N–H and O–H groups in total. The number of halogens is 1. The van der Waals surface area contributed by atoms with Gasteiger partial charge in [0.15, 0.2) is 0 Å². The largest absolute Gasteiger partial charge is 0.465 e. The number of ether oxygens (including phenoxy) is 1. The maximum Gasteiger partial charge on any atom is 0.338 e. The molecule has 21 heavy (non-hydrogen) atoms. The van der Waals surface area contributed by atoms with Crippen LogP contribution in [0.5, 0.6) is 0 Å². The lowest BCUT2D eigenvalue weighted by molar-refractivity contribution is -0.119. The van der Waals surface area contributed by atoms with Crippen LogP contribution < -0.4 is 5.73 Å². The second kappa shape index (κ2) is 8.36. The Bertz CT molecular complexity index is 506. The number of nitrogens with zero attached hydrogens (tertiary/aromatic N) is 1. The highest BCUT2D eigenvalue weighted by Crippen LogP contribution is 2.15. The zero-order valence-electron chi connectivity index (χ0n) is 12.4. The van der Waals surface area contributed by atoms with Gasteiger partial charge in [0, 0.05) is 6.54 Å². The van der Waals surface area contributed by atoms with Crippen LogP contribution in [0.2, 0.25) is 0 Å². The molecule has 0 heterocycles. The van der Waals surface area contributed by atoms with Crippen LogP contribution in [0.3, 0.4) is 0 Å². The Labute approximate surface area is 123 Å². The summed E-state index contributed by atoms with van der Waals surface area (Å²) in [5.74, 6) is -1.54. The molecule has 0 saturated carbocycles. The lowest BCUT2D eigenvalue weighted by atomic mass is 10.1. The molecular weight excluding hydrogens is 275 g/mol. The van der Waals surface area contributed by atoms with Crippen molar-refractivity contribution >= 4 is 11.9 Å². The first-order chi connectivity index (χ1) is 9.97. The van der Waals surface area contributed by atoms with Crippen molar-refractivity contribution in [2.45, 2.75) is 26.3 Å². The van der Waals surface area contributed by atoms with E-state index in [1.54, 1.807) is 0 Å². The molecule has 1 amide bonds. The number of esters is 1. The first-order valence-corrected chi connectivity index (χ1v) is 6.85. The van der Waals surface area contributed by atoms with Gasteiger partial charge in [-0.25, -0.2) is 9.18 Å². The number of carbonyl (C=O) groups is 2. The van der Waals surface area contributed by atoms with E-state index in [0.29, 0.717) is 18.7 Å². The van der Waals surface area contributed by atoms with E-state index in [9.17, 15) is 14.0 Å². The van der Waals surface area contributed by atoms with Gasteiger partial charge >= 0.3 is 5.97 Å². The van der Waals surface area contributed by atoms with Crippen molar-refractivity contribution in [3.63, 3.8) is 0 Å². The summed E-state index contributed by atoms with van der Waals surface area (Å²) >= 11 is 0. The summed E-state index contributed by atoms with van der Waals surface area (Å²) < 4.78 is 18.0. The predicted octanol–water partition coefficient (Wildman–Crippen LogP) is 1.70. The highest BCUT2D eigenvalue weighted by Gasteiger charge is 2.16. The summed E-state index contributed by atoms with van der Waals surface area (Å²) in [5.41, 5.74) is 6.02. The number of amides is 1. The van der Waals surface area contributed by atoms with Crippen LogP contribution in [0.4, 0.5) is 4.39 Å². The van der Waals surface area contributed by atoms with Crippen LogP contribution in [-0.4, -0.2) is 37.0 Å². The smallest absolute Gasteiger partial charge is 0.338 e. The number of hydrogen-bond donors (Lipinski definition) is 1. The molecule has 0 atom stereocenters. The number of carbonyl (C=O) groups excluding carboxylic acids is 2. The van der Waals surface area contributed by atoms with Gasteiger partial charge in [-0.15, -0.1) is 0 Å². The molecule has 0 unspecified atom stereocenters. The highest BCUT2D eigenvalue weighted by molar-refractivity contribution is 5.91. The second-order valence-electron chi connectivity index (χ2n) is 4.82. The first-order valence-electron chi connectivity index (χ1n) is 6.85. The van der Waals surface area contributed by atoms with E-state index in [0.717, 1.165) is 18.9 Å². The Morgan fingerprint density at radius 1 is 1.38 bits per heavy atom. The summed E-state index contributed by atoms with van der Waals surface area (Å²) in [6, 6.07) is 3.95. The minimum absolute atomic E-state index is 0.0952. The number of methoxy groups -OCH3 is 1. The average molecular weight is 296 g/mol. The molecule has 0 aliphatic heterocycles. The fraction of sp³-hybridized carbons (Fsp3) is 0.467. The van der Waals surface area contributed by atoms with Gasteiger partial charge in [0.1, 0.15) is 5.82 Å². The molecule has 0 fully saturated rings. The van der Waals surface area contributed by atoms with Crippen molar-refractivity contribution in [3.05, 3.63) is 35.1 Å². The van der Waals surface area contributed by atoms with Gasteiger partial charge in [0.25, 0.3) is 0 Å². The van der Waals surface area contributed by atoms with Crippen LogP contribution in [-0.2, 0) is 16.1 Å². The number of unbranched alkanes of at least 4 members (excludes halogenated alkanes) is 1. The topological polar surface area (TPSA) is 72.6 Å². The molecule has 5 nitrogen and oxygen atoms in total. The summed E-state index contributed by atoms with van der Waals surface area (Å²) in [4.78, 5) is 24.7. The maximum atomic E-state index is 13.3. The van der Waals surface area contributed by atoms with Gasteiger partial charge in [-0.3, -0.25) is 9.69 Å². The molecule has 6 heteroatoms. The standard InChI is InChI=1S/C15H21FN2O3/c1-3-4-7-18(10-14(17)19)9-11-5-6-12(16)8-13(11)15(20)21-2/h5-6,8H,3-4,7,9-10H2,1-2H3,(H2,17,19). The van der Waals surface area contributed by atoms with Crippen molar-refractivity contribution in [1.29, 1.82) is 0 Å². The normalized spacial score (nSPS) is 10.7. The summed E-state index contributed by atoms with van der Waals surface area (Å²) in [6.07, 6.45) is 1.88. The number of hydrogen-bond acceptors (Lipinski definition) is 4. The number of rotatable bonds is 8. The lowest BCUT2D eigenvalue weighted by Crippen LogP contribution is -2.34. The Kier molecular flexibility index (Phi) is 6.81. The minimum atomic E-state index is -0.598. The van der Waals surface area contributed by atoms with Gasteiger partial charge in [-0.05, 0) is 30.7 Å². The molecule has 0 bridgehead atoms. The first kappa shape index (κ1) is 17.1. The molecule has 0 aliphatic carbocycles. The van der Waals surface area contributed by atoms with Gasteiger partial charge in [0.05, 0.1) is 19.2 Å². The zero-order chi connectivity index (χ0) is 15.8. The summed E-state index contributed by atoms with van der Waals surface area (Å²) in [7, 11) is 1.25. The third kappa shape index (κ3) is 5.51. The van der Waals surface area contributed by atoms with Crippen molar-refractivity contribution in [1.82, 2.24) is 4.90 Å². The van der Waals surface area contributed by atoms with E-state index in [-0.39, 0.29) is 12.1 Å². The van der Waals surface area contributed by atoms with Crippen molar-refractivity contribution in [2.24, 2.45) is 5.73 Å². The summed E-state index contributed by atoms with van der Waals surface area (Å²) in [6.45, 7) is 3.16. The maximum absolute atomic E-state index is 13.3. The Hall–Kier alpha value is -1.95. The zero-order valence-corrected chi connectivity index (χ0v) is 12.4. The van der Waals surface area contributed by atoms with E-state index in [1.807, 2.05) is 11.8 Å². The molecule has 116 valence electrons. The Balaban J connectivity index is 2.96. The molecule has 0 aliphatic rings. The molecule has 0 radical (unpaired) electrons. The van der Waals surface area contributed by atoms with E-state index in [4.69, 9.17) is 5.73 Å². The van der Waals surface area contributed by atoms with Gasteiger partial charge in [-0.2, -0.15) is 0 Å². The van der Waals surface area contributed by atoms with E-state index >= 15 is 0 Å². The molecule has 1 aromatic carbocycles. The third-order valence-electron chi connectivity index (χ3n) is 3.08. The SMILES string of the molecule is CCCCN(CC(N)=O)Cc1ccc(F)cc1C(=O)OC. The van der Waals surface area contributed by atoms with Crippen LogP contribution in [0.15, 0.2) is 18.2 Å². The molecule has 0 saturated heterocycles. The van der Waals surface area contributed by atoms with Crippen LogP contribution in [0.1, 0.15) is 35.7 Å². The fourth-order valence-corrected chi connectivity index (χ4v) is 2.04. The number of primary amides is 1. The number of nitrogens with two attached hydrogens (primary N) is 1. The quantitative estimate of drug-likeness (QED) is 0.741.